The van der Waals surface area contributed by atoms with Crippen LogP contribution in [0.1, 0.15) is 68.0 Å². The Morgan fingerprint density at radius 2 is 1.87 bits per heavy atom. The van der Waals surface area contributed by atoms with Gasteiger partial charge in [-0.05, 0) is 18.8 Å². The van der Waals surface area contributed by atoms with Crippen molar-refractivity contribution in [2.24, 2.45) is 5.73 Å². The normalized spacial score (nSPS) is 11.7. The molecule has 0 atom stereocenters. The summed E-state index contributed by atoms with van der Waals surface area (Å²) >= 11 is 1.81. The lowest BCUT2D eigenvalue weighted by Crippen LogP contribution is -2.00. The first-order valence-corrected chi connectivity index (χ1v) is 6.65. The number of thiazole rings is 1. The average Bonchev–Trinajstić information content (AvgIpc) is 2.64. The summed E-state index contributed by atoms with van der Waals surface area (Å²) in [7, 11) is 0. The quantitative estimate of drug-likeness (QED) is 0.832. The van der Waals surface area contributed by atoms with Crippen LogP contribution in [0.4, 0.5) is 0 Å². The van der Waals surface area contributed by atoms with Crippen LogP contribution in [0.5, 0.6) is 0 Å². The van der Waals surface area contributed by atoms with Crippen LogP contribution in [0.25, 0.3) is 0 Å². The third-order valence-corrected chi connectivity index (χ3v) is 4.07. The molecule has 0 aliphatic heterocycles. The molecule has 1 aromatic heterocycles. The SMILES string of the molecule is CCC(CC)c1nc(C(C)C)c(CN)s1. The van der Waals surface area contributed by atoms with Gasteiger partial charge < -0.3 is 5.73 Å². The fraction of sp³-hybridized carbons (Fsp3) is 0.750. The lowest BCUT2D eigenvalue weighted by Gasteiger charge is -2.07. The van der Waals surface area contributed by atoms with Gasteiger partial charge in [-0.3, -0.25) is 0 Å². The van der Waals surface area contributed by atoms with Gasteiger partial charge in [0.05, 0.1) is 10.7 Å². The summed E-state index contributed by atoms with van der Waals surface area (Å²) in [6.45, 7) is 9.46. The van der Waals surface area contributed by atoms with Gasteiger partial charge in [-0.15, -0.1) is 11.3 Å². The summed E-state index contributed by atoms with van der Waals surface area (Å²) in [5.74, 6) is 1.11. The average molecular weight is 226 g/mol. The van der Waals surface area contributed by atoms with E-state index < -0.39 is 0 Å². The summed E-state index contributed by atoms with van der Waals surface area (Å²) in [5.41, 5.74) is 6.97. The van der Waals surface area contributed by atoms with Gasteiger partial charge in [0.2, 0.25) is 0 Å². The highest BCUT2D eigenvalue weighted by atomic mass is 32.1. The molecule has 1 aromatic rings. The first-order chi connectivity index (χ1) is 7.13. The van der Waals surface area contributed by atoms with Crippen LogP contribution in [0.15, 0.2) is 0 Å². The molecule has 0 amide bonds. The second-order valence-corrected chi connectivity index (χ2v) is 5.35. The van der Waals surface area contributed by atoms with Crippen LogP contribution in [0, 0.1) is 0 Å². The maximum Gasteiger partial charge on any atom is 0.0962 e. The molecule has 0 aromatic carbocycles. The molecule has 0 radical (unpaired) electrons. The Bertz CT molecular complexity index is 301. The second kappa shape index (κ2) is 5.61. The molecular weight excluding hydrogens is 204 g/mol. The zero-order valence-corrected chi connectivity index (χ0v) is 11.0. The number of nitrogens with two attached hydrogens (primary N) is 1. The maximum absolute atomic E-state index is 5.76. The molecule has 3 heteroatoms. The van der Waals surface area contributed by atoms with E-state index >= 15 is 0 Å². The summed E-state index contributed by atoms with van der Waals surface area (Å²) in [6.07, 6.45) is 2.34. The number of rotatable bonds is 5. The molecular formula is C12H22N2S. The van der Waals surface area contributed by atoms with Crippen LogP contribution in [0.3, 0.4) is 0 Å². The van der Waals surface area contributed by atoms with E-state index in [-0.39, 0.29) is 0 Å². The van der Waals surface area contributed by atoms with Gasteiger partial charge in [0.25, 0.3) is 0 Å². The lowest BCUT2D eigenvalue weighted by atomic mass is 10.0. The van der Waals surface area contributed by atoms with Crippen molar-refractivity contribution in [1.29, 1.82) is 0 Å². The molecule has 0 saturated heterocycles. The fourth-order valence-corrected chi connectivity index (χ4v) is 3.16. The lowest BCUT2D eigenvalue weighted by molar-refractivity contribution is 0.632. The van der Waals surface area contributed by atoms with Crippen LogP contribution in [-0.4, -0.2) is 4.98 Å². The van der Waals surface area contributed by atoms with Crippen molar-refractivity contribution >= 4 is 11.3 Å². The Morgan fingerprint density at radius 3 is 2.20 bits per heavy atom. The number of hydrogen-bond donors (Lipinski definition) is 1. The smallest absolute Gasteiger partial charge is 0.0962 e. The minimum atomic E-state index is 0.489. The summed E-state index contributed by atoms with van der Waals surface area (Å²) in [6, 6.07) is 0. The number of nitrogens with zero attached hydrogens (tertiary/aromatic N) is 1. The zero-order valence-electron chi connectivity index (χ0n) is 10.2. The van der Waals surface area contributed by atoms with Crippen molar-refractivity contribution in [3.8, 4) is 0 Å². The van der Waals surface area contributed by atoms with E-state index in [2.05, 4.69) is 27.7 Å². The summed E-state index contributed by atoms with van der Waals surface area (Å²) in [4.78, 5) is 6.03. The molecule has 0 spiro atoms. The molecule has 0 aliphatic carbocycles. The molecule has 0 unspecified atom stereocenters. The standard InChI is InChI=1S/C12H22N2S/c1-5-9(6-2)12-14-11(8(3)4)10(7-13)15-12/h8-9H,5-7,13H2,1-4H3. The number of aromatic nitrogens is 1. The largest absolute Gasteiger partial charge is 0.326 e. The van der Waals surface area contributed by atoms with E-state index in [4.69, 9.17) is 10.7 Å². The Balaban J connectivity index is 3.01. The minimum absolute atomic E-state index is 0.489. The highest BCUT2D eigenvalue weighted by Crippen LogP contribution is 2.32. The van der Waals surface area contributed by atoms with Gasteiger partial charge in [-0.2, -0.15) is 0 Å². The van der Waals surface area contributed by atoms with Crippen LogP contribution in [0.2, 0.25) is 0 Å². The summed E-state index contributed by atoms with van der Waals surface area (Å²) < 4.78 is 0. The molecule has 1 rings (SSSR count). The van der Waals surface area contributed by atoms with Gasteiger partial charge in [-0.1, -0.05) is 27.7 Å². The fourth-order valence-electron chi connectivity index (χ4n) is 1.79. The Morgan fingerprint density at radius 1 is 1.27 bits per heavy atom. The highest BCUT2D eigenvalue weighted by Gasteiger charge is 2.17. The molecule has 86 valence electrons. The third kappa shape index (κ3) is 2.79. The molecule has 2 nitrogen and oxygen atoms in total. The van der Waals surface area contributed by atoms with E-state index in [1.807, 2.05) is 11.3 Å². The Kier molecular flexibility index (Phi) is 4.74. The Labute approximate surface area is 96.9 Å². The molecule has 0 saturated carbocycles. The van der Waals surface area contributed by atoms with Crippen LogP contribution in [-0.2, 0) is 6.54 Å². The first-order valence-electron chi connectivity index (χ1n) is 5.83. The van der Waals surface area contributed by atoms with Crippen molar-refractivity contribution < 1.29 is 0 Å². The van der Waals surface area contributed by atoms with E-state index in [0.29, 0.717) is 18.4 Å². The maximum atomic E-state index is 5.76. The molecule has 0 bridgehead atoms. The second-order valence-electron chi connectivity index (χ2n) is 4.23. The Hall–Kier alpha value is -0.410. The number of hydrogen-bond acceptors (Lipinski definition) is 3. The zero-order chi connectivity index (χ0) is 11.4. The van der Waals surface area contributed by atoms with Crippen molar-refractivity contribution in [3.63, 3.8) is 0 Å². The van der Waals surface area contributed by atoms with Crippen molar-refractivity contribution in [2.45, 2.75) is 58.9 Å². The van der Waals surface area contributed by atoms with E-state index in [1.54, 1.807) is 0 Å². The highest BCUT2D eigenvalue weighted by molar-refractivity contribution is 7.11. The molecule has 0 fully saturated rings. The van der Waals surface area contributed by atoms with Crippen LogP contribution < -0.4 is 5.73 Å². The van der Waals surface area contributed by atoms with Gasteiger partial charge in [0.1, 0.15) is 0 Å². The van der Waals surface area contributed by atoms with E-state index in [1.165, 1.54) is 28.4 Å². The predicted octanol–water partition coefficient (Wildman–Crippen LogP) is 3.63. The van der Waals surface area contributed by atoms with E-state index in [0.717, 1.165) is 0 Å². The third-order valence-electron chi connectivity index (χ3n) is 2.81. The molecule has 15 heavy (non-hydrogen) atoms. The molecule has 2 N–H and O–H groups in total. The van der Waals surface area contributed by atoms with E-state index in [9.17, 15) is 0 Å². The predicted molar refractivity (Wildman–Crippen MR) is 67.4 cm³/mol. The monoisotopic (exact) mass is 226 g/mol. The summed E-state index contributed by atoms with van der Waals surface area (Å²) in [5, 5.41) is 1.28. The van der Waals surface area contributed by atoms with Crippen LogP contribution >= 0.6 is 11.3 Å². The van der Waals surface area contributed by atoms with Gasteiger partial charge in [0.15, 0.2) is 0 Å². The van der Waals surface area contributed by atoms with Crippen molar-refractivity contribution in [2.75, 3.05) is 0 Å². The van der Waals surface area contributed by atoms with Crippen molar-refractivity contribution in [3.05, 3.63) is 15.6 Å². The van der Waals surface area contributed by atoms with Gasteiger partial charge >= 0.3 is 0 Å². The first kappa shape index (κ1) is 12.7. The van der Waals surface area contributed by atoms with Gasteiger partial charge in [-0.25, -0.2) is 4.98 Å². The molecule has 1 heterocycles. The molecule has 0 aliphatic rings. The van der Waals surface area contributed by atoms with Gasteiger partial charge in [0, 0.05) is 17.3 Å². The van der Waals surface area contributed by atoms with Crippen molar-refractivity contribution in [1.82, 2.24) is 4.98 Å². The topological polar surface area (TPSA) is 38.9 Å². The minimum Gasteiger partial charge on any atom is -0.326 e.